The number of hydrogen-bond donors (Lipinski definition) is 1. The molecular formula is C18H21N5O2. The van der Waals surface area contributed by atoms with Crippen LogP contribution in [0.1, 0.15) is 24.4 Å². The predicted molar refractivity (Wildman–Crippen MR) is 91.4 cm³/mol. The maximum atomic E-state index is 6.01. The lowest BCUT2D eigenvalue weighted by atomic mass is 10.1. The molecule has 7 nitrogen and oxygen atoms in total. The lowest BCUT2D eigenvalue weighted by molar-refractivity contribution is -0.0213. The Kier molecular flexibility index (Phi) is 4.85. The monoisotopic (exact) mass is 339 g/mol. The second-order valence-corrected chi connectivity index (χ2v) is 6.25. The fraction of sp³-hybridized carbons (Fsp3) is 0.389. The van der Waals surface area contributed by atoms with Crippen molar-refractivity contribution in [2.45, 2.75) is 32.1 Å². The summed E-state index contributed by atoms with van der Waals surface area (Å²) in [6.07, 6.45) is 7.78. The average molecular weight is 339 g/mol. The highest BCUT2D eigenvalue weighted by molar-refractivity contribution is 5.52. The number of aromatic amines is 1. The molecule has 4 rings (SSSR count). The highest BCUT2D eigenvalue weighted by Crippen LogP contribution is 2.18. The van der Waals surface area contributed by atoms with Crippen molar-refractivity contribution in [3.8, 4) is 11.4 Å². The quantitative estimate of drug-likeness (QED) is 0.744. The van der Waals surface area contributed by atoms with Gasteiger partial charge in [-0.1, -0.05) is 5.16 Å². The standard InChI is InChI=1S/C18H21N5O2/c1-3-15(20-7-1)11-23-10-2-4-16(12-23)24-13-17-21-18(22-25-17)14-5-8-19-9-6-14/h1,3,5-9,16,20H,2,4,10-13H2/t16-/m0/s1. The van der Waals surface area contributed by atoms with Crippen molar-refractivity contribution >= 4 is 0 Å². The van der Waals surface area contributed by atoms with E-state index in [1.807, 2.05) is 24.4 Å². The van der Waals surface area contributed by atoms with Gasteiger partial charge in [0.25, 0.3) is 5.89 Å². The fourth-order valence-electron chi connectivity index (χ4n) is 3.12. The molecule has 1 aliphatic heterocycles. The first kappa shape index (κ1) is 16.0. The number of rotatable bonds is 6. The third-order valence-corrected chi connectivity index (χ3v) is 4.37. The Labute approximate surface area is 146 Å². The van der Waals surface area contributed by atoms with Crippen molar-refractivity contribution in [2.75, 3.05) is 13.1 Å². The summed E-state index contributed by atoms with van der Waals surface area (Å²) in [5, 5.41) is 4.01. The van der Waals surface area contributed by atoms with Crippen LogP contribution in [0.5, 0.6) is 0 Å². The summed E-state index contributed by atoms with van der Waals surface area (Å²) in [6.45, 7) is 3.30. The minimum atomic E-state index is 0.194. The molecule has 0 radical (unpaired) electrons. The van der Waals surface area contributed by atoms with E-state index in [0.29, 0.717) is 18.3 Å². The topological polar surface area (TPSA) is 80.1 Å². The van der Waals surface area contributed by atoms with E-state index in [1.54, 1.807) is 12.4 Å². The first-order chi connectivity index (χ1) is 12.4. The van der Waals surface area contributed by atoms with Crippen LogP contribution in [0, 0.1) is 0 Å². The summed E-state index contributed by atoms with van der Waals surface area (Å²) in [7, 11) is 0. The van der Waals surface area contributed by atoms with Gasteiger partial charge in [0.1, 0.15) is 6.61 Å². The molecule has 1 aliphatic rings. The number of pyridine rings is 1. The van der Waals surface area contributed by atoms with E-state index in [9.17, 15) is 0 Å². The van der Waals surface area contributed by atoms with Gasteiger partial charge in [-0.05, 0) is 43.7 Å². The summed E-state index contributed by atoms with van der Waals surface area (Å²) in [5.74, 6) is 1.08. The molecule has 0 spiro atoms. The van der Waals surface area contributed by atoms with Gasteiger partial charge in [-0.15, -0.1) is 0 Å². The number of likely N-dealkylation sites (tertiary alicyclic amines) is 1. The first-order valence-corrected chi connectivity index (χ1v) is 8.56. The molecule has 7 heteroatoms. The number of H-pyrrole nitrogens is 1. The van der Waals surface area contributed by atoms with Crippen molar-refractivity contribution in [1.29, 1.82) is 0 Å². The molecule has 130 valence electrons. The van der Waals surface area contributed by atoms with Gasteiger partial charge in [0.15, 0.2) is 0 Å². The van der Waals surface area contributed by atoms with E-state index in [4.69, 9.17) is 9.26 Å². The normalized spacial score (nSPS) is 18.5. The van der Waals surface area contributed by atoms with E-state index in [1.165, 1.54) is 5.69 Å². The van der Waals surface area contributed by atoms with Crippen LogP contribution in [0.3, 0.4) is 0 Å². The molecule has 1 saturated heterocycles. The summed E-state index contributed by atoms with van der Waals surface area (Å²) in [6, 6.07) is 7.86. The Hall–Kier alpha value is -2.51. The molecule has 0 saturated carbocycles. The number of ether oxygens (including phenoxy) is 1. The largest absolute Gasteiger partial charge is 0.367 e. The zero-order valence-corrected chi connectivity index (χ0v) is 14.0. The molecule has 3 aromatic heterocycles. The minimum absolute atomic E-state index is 0.194. The lowest BCUT2D eigenvalue weighted by Crippen LogP contribution is -2.39. The highest BCUT2D eigenvalue weighted by Gasteiger charge is 2.21. The predicted octanol–water partition coefficient (Wildman–Crippen LogP) is 2.64. The van der Waals surface area contributed by atoms with Crippen LogP contribution in [0.4, 0.5) is 0 Å². The average Bonchev–Trinajstić information content (AvgIpc) is 3.33. The summed E-state index contributed by atoms with van der Waals surface area (Å²) in [4.78, 5) is 14.1. The van der Waals surface area contributed by atoms with Gasteiger partial charge >= 0.3 is 0 Å². The van der Waals surface area contributed by atoms with Gasteiger partial charge in [0, 0.05) is 42.9 Å². The van der Waals surface area contributed by atoms with Crippen molar-refractivity contribution in [3.05, 3.63) is 54.4 Å². The Bertz CT molecular complexity index is 772. The zero-order chi connectivity index (χ0) is 16.9. The molecule has 3 aromatic rings. The Morgan fingerprint density at radius 3 is 3.04 bits per heavy atom. The lowest BCUT2D eigenvalue weighted by Gasteiger charge is -2.32. The molecule has 1 atom stereocenters. The number of piperidine rings is 1. The van der Waals surface area contributed by atoms with Gasteiger partial charge in [-0.2, -0.15) is 4.98 Å². The van der Waals surface area contributed by atoms with E-state index >= 15 is 0 Å². The molecule has 0 amide bonds. The van der Waals surface area contributed by atoms with Crippen LogP contribution in [0.2, 0.25) is 0 Å². The number of nitrogens with zero attached hydrogens (tertiary/aromatic N) is 4. The van der Waals surface area contributed by atoms with Gasteiger partial charge in [0.2, 0.25) is 5.82 Å². The smallest absolute Gasteiger partial charge is 0.252 e. The Morgan fingerprint density at radius 2 is 2.20 bits per heavy atom. The van der Waals surface area contributed by atoms with Crippen molar-refractivity contribution in [1.82, 2.24) is 25.0 Å². The van der Waals surface area contributed by atoms with Crippen LogP contribution < -0.4 is 0 Å². The van der Waals surface area contributed by atoms with Gasteiger partial charge in [-0.25, -0.2) is 0 Å². The molecule has 0 aromatic carbocycles. The molecule has 0 bridgehead atoms. The summed E-state index contributed by atoms with van der Waals surface area (Å²) < 4.78 is 11.3. The van der Waals surface area contributed by atoms with Gasteiger partial charge in [0.05, 0.1) is 6.10 Å². The third kappa shape index (κ3) is 4.12. The van der Waals surface area contributed by atoms with Crippen LogP contribution >= 0.6 is 0 Å². The number of hydrogen-bond acceptors (Lipinski definition) is 6. The van der Waals surface area contributed by atoms with Crippen molar-refractivity contribution in [2.24, 2.45) is 0 Å². The molecule has 0 unspecified atom stereocenters. The number of nitrogens with one attached hydrogen (secondary N) is 1. The fourth-order valence-corrected chi connectivity index (χ4v) is 3.12. The third-order valence-electron chi connectivity index (χ3n) is 4.37. The van der Waals surface area contributed by atoms with Crippen molar-refractivity contribution < 1.29 is 9.26 Å². The first-order valence-electron chi connectivity index (χ1n) is 8.56. The maximum absolute atomic E-state index is 6.01. The van der Waals surface area contributed by atoms with Crippen molar-refractivity contribution in [3.63, 3.8) is 0 Å². The SMILES string of the molecule is c1c[nH]c(CN2CCC[C@H](OCc3nc(-c4ccncc4)no3)C2)c1. The van der Waals surface area contributed by atoms with Gasteiger partial charge in [-0.3, -0.25) is 9.88 Å². The minimum Gasteiger partial charge on any atom is -0.367 e. The zero-order valence-electron chi connectivity index (χ0n) is 14.0. The van der Waals surface area contributed by atoms with E-state index < -0.39 is 0 Å². The van der Waals surface area contributed by atoms with Crippen LogP contribution in [0.25, 0.3) is 11.4 Å². The molecule has 4 heterocycles. The van der Waals surface area contributed by atoms with E-state index in [2.05, 4.69) is 31.1 Å². The van der Waals surface area contributed by atoms with E-state index in [0.717, 1.165) is 38.0 Å². The second kappa shape index (κ2) is 7.58. The molecule has 1 N–H and O–H groups in total. The van der Waals surface area contributed by atoms with Crippen LogP contribution in [-0.4, -0.2) is 44.2 Å². The Morgan fingerprint density at radius 1 is 1.28 bits per heavy atom. The number of aromatic nitrogens is 4. The highest BCUT2D eigenvalue weighted by atomic mass is 16.5. The van der Waals surface area contributed by atoms with Gasteiger partial charge < -0.3 is 14.2 Å². The molecule has 0 aliphatic carbocycles. The van der Waals surface area contributed by atoms with Crippen LogP contribution in [0.15, 0.2) is 47.4 Å². The summed E-state index contributed by atoms with van der Waals surface area (Å²) in [5.41, 5.74) is 2.12. The summed E-state index contributed by atoms with van der Waals surface area (Å²) >= 11 is 0. The Balaban J connectivity index is 1.30. The van der Waals surface area contributed by atoms with Crippen LogP contribution in [-0.2, 0) is 17.9 Å². The second-order valence-electron chi connectivity index (χ2n) is 6.25. The maximum Gasteiger partial charge on any atom is 0.252 e. The van der Waals surface area contributed by atoms with E-state index in [-0.39, 0.29) is 6.10 Å². The molecular weight excluding hydrogens is 318 g/mol. The molecule has 25 heavy (non-hydrogen) atoms. The molecule has 1 fully saturated rings.